The Balaban J connectivity index is 1.58. The number of aliphatic hydroxyl groups is 1. The van der Waals surface area contributed by atoms with Crippen LogP contribution in [0.4, 0.5) is 0 Å². The number of aliphatic hydroxyl groups excluding tert-OH is 1. The van der Waals surface area contributed by atoms with Gasteiger partial charge in [-0.2, -0.15) is 0 Å². The van der Waals surface area contributed by atoms with E-state index in [1.54, 1.807) is 18.2 Å². The molecule has 5 N–H and O–H groups in total. The molecule has 2 aliphatic rings. The van der Waals surface area contributed by atoms with Gasteiger partial charge >= 0.3 is 0 Å². The molecule has 0 amide bonds. The Labute approximate surface area is 194 Å². The lowest BCUT2D eigenvalue weighted by atomic mass is 9.85. The number of hydrogen-bond donors (Lipinski definition) is 5. The van der Waals surface area contributed by atoms with Crippen LogP contribution in [0.5, 0.6) is 40.2 Å². The first kappa shape index (κ1) is 21.7. The number of aromatic hydroxyl groups is 4. The van der Waals surface area contributed by atoms with E-state index in [4.69, 9.17) is 14.2 Å². The first-order chi connectivity index (χ1) is 16.3. The number of methoxy groups -OCH3 is 1. The topological polar surface area (TPSA) is 146 Å². The van der Waals surface area contributed by atoms with Gasteiger partial charge in [-0.15, -0.1) is 0 Å². The number of carbonyl (C=O) groups is 1. The highest BCUT2D eigenvalue weighted by Crippen LogP contribution is 2.54. The third kappa shape index (κ3) is 3.32. The molecule has 2 aliphatic heterocycles. The highest BCUT2D eigenvalue weighted by Gasteiger charge is 2.42. The number of rotatable bonds is 4. The van der Waals surface area contributed by atoms with Gasteiger partial charge in [-0.3, -0.25) is 4.79 Å². The fraction of sp³-hybridized carbons (Fsp3) is 0.240. The molecule has 3 aromatic carbocycles. The van der Waals surface area contributed by atoms with Crippen molar-refractivity contribution in [2.24, 2.45) is 0 Å². The molecule has 0 aliphatic carbocycles. The van der Waals surface area contributed by atoms with Crippen molar-refractivity contribution in [1.29, 1.82) is 0 Å². The summed E-state index contributed by atoms with van der Waals surface area (Å²) in [4.78, 5) is 12.8. The lowest BCUT2D eigenvalue weighted by Gasteiger charge is -2.28. The van der Waals surface area contributed by atoms with Gasteiger partial charge in [0.15, 0.2) is 28.8 Å². The van der Waals surface area contributed by atoms with Gasteiger partial charge in [0.25, 0.3) is 0 Å². The second-order valence-corrected chi connectivity index (χ2v) is 8.25. The second kappa shape index (κ2) is 8.03. The van der Waals surface area contributed by atoms with Crippen molar-refractivity contribution in [2.75, 3.05) is 13.7 Å². The van der Waals surface area contributed by atoms with Crippen LogP contribution in [0.3, 0.4) is 0 Å². The zero-order chi connectivity index (χ0) is 24.1. The number of fused-ring (bicyclic) bond motifs is 2. The Morgan fingerprint density at radius 3 is 2.47 bits per heavy atom. The van der Waals surface area contributed by atoms with E-state index in [1.165, 1.54) is 25.3 Å². The molecular formula is C25H22O9. The second-order valence-electron chi connectivity index (χ2n) is 8.25. The van der Waals surface area contributed by atoms with Gasteiger partial charge in [-0.25, -0.2) is 0 Å². The molecule has 0 fully saturated rings. The minimum Gasteiger partial charge on any atom is -0.508 e. The number of ether oxygens (including phenoxy) is 3. The van der Waals surface area contributed by atoms with Crippen LogP contribution >= 0.6 is 0 Å². The smallest absolute Gasteiger partial charge is 0.174 e. The van der Waals surface area contributed by atoms with Crippen molar-refractivity contribution in [3.05, 3.63) is 64.7 Å². The lowest BCUT2D eigenvalue weighted by molar-refractivity contribution is 0.0843. The van der Waals surface area contributed by atoms with E-state index >= 15 is 0 Å². The van der Waals surface area contributed by atoms with Crippen molar-refractivity contribution in [3.8, 4) is 40.2 Å². The number of phenolic OH excluding ortho intramolecular Hbond substituents is 4. The van der Waals surface area contributed by atoms with Gasteiger partial charge in [-0.1, -0.05) is 12.1 Å². The summed E-state index contributed by atoms with van der Waals surface area (Å²) in [6.07, 6.45) is -1.61. The Hall–Kier alpha value is -4.11. The standard InChI is InChI=1S/C25H22O9/c1-32-20-6-11(2-4-15(20)28)24-14(10-26)22-13(3-5-16(29)25(22)34-24)19-9-18(31)23-17(30)7-12(27)8-21(23)33-19/h2-8,14,19,24,26-30H,9-10H2,1H3/t14?,19-,24?/m1/s1. The predicted molar refractivity (Wildman–Crippen MR) is 118 cm³/mol. The summed E-state index contributed by atoms with van der Waals surface area (Å²) in [6.45, 7) is -0.337. The van der Waals surface area contributed by atoms with Crippen LogP contribution in [0.1, 0.15) is 51.6 Å². The van der Waals surface area contributed by atoms with Crippen molar-refractivity contribution in [1.82, 2.24) is 0 Å². The normalized spacial score (nSPS) is 20.8. The Morgan fingerprint density at radius 1 is 0.971 bits per heavy atom. The van der Waals surface area contributed by atoms with Crippen LogP contribution in [0.15, 0.2) is 42.5 Å². The number of hydrogen-bond acceptors (Lipinski definition) is 9. The molecular weight excluding hydrogens is 444 g/mol. The Bertz CT molecular complexity index is 1300. The van der Waals surface area contributed by atoms with E-state index in [-0.39, 0.29) is 64.6 Å². The molecule has 176 valence electrons. The molecule has 0 bridgehead atoms. The molecule has 0 spiro atoms. The highest BCUT2D eigenvalue weighted by atomic mass is 16.5. The van der Waals surface area contributed by atoms with Crippen molar-refractivity contribution < 1.29 is 44.5 Å². The van der Waals surface area contributed by atoms with E-state index in [0.29, 0.717) is 16.7 Å². The molecule has 0 radical (unpaired) electrons. The average molecular weight is 466 g/mol. The summed E-state index contributed by atoms with van der Waals surface area (Å²) in [5.41, 5.74) is 1.62. The molecule has 0 saturated heterocycles. The van der Waals surface area contributed by atoms with E-state index in [9.17, 15) is 30.3 Å². The minimum atomic E-state index is -0.804. The quantitative estimate of drug-likeness (QED) is 0.390. The van der Waals surface area contributed by atoms with Gasteiger partial charge in [0.1, 0.15) is 35.0 Å². The molecule has 9 heteroatoms. The Kier molecular flexibility index (Phi) is 5.13. The number of ketones is 1. The van der Waals surface area contributed by atoms with Gasteiger partial charge in [0.05, 0.1) is 26.1 Å². The number of phenols is 4. The van der Waals surface area contributed by atoms with E-state index in [1.807, 2.05) is 0 Å². The molecule has 34 heavy (non-hydrogen) atoms. The molecule has 3 atom stereocenters. The van der Waals surface area contributed by atoms with Crippen LogP contribution in [-0.2, 0) is 0 Å². The molecule has 0 aromatic heterocycles. The SMILES string of the molecule is COc1cc(C2Oc3c(O)ccc([C@H]4CC(=O)c5c(O)cc(O)cc5O4)c3C2CO)ccc1O. The van der Waals surface area contributed by atoms with Crippen molar-refractivity contribution >= 4 is 5.78 Å². The van der Waals surface area contributed by atoms with Crippen molar-refractivity contribution in [3.63, 3.8) is 0 Å². The molecule has 0 saturated carbocycles. The van der Waals surface area contributed by atoms with Gasteiger partial charge in [-0.05, 0) is 23.8 Å². The van der Waals surface area contributed by atoms with Crippen LogP contribution < -0.4 is 14.2 Å². The molecule has 2 unspecified atom stereocenters. The lowest BCUT2D eigenvalue weighted by Crippen LogP contribution is -2.22. The van der Waals surface area contributed by atoms with E-state index in [0.717, 1.165) is 6.07 Å². The van der Waals surface area contributed by atoms with E-state index < -0.39 is 18.1 Å². The summed E-state index contributed by atoms with van der Waals surface area (Å²) < 4.78 is 17.2. The fourth-order valence-corrected chi connectivity index (χ4v) is 4.71. The summed E-state index contributed by atoms with van der Waals surface area (Å²) in [5.74, 6) is -1.36. The first-order valence-electron chi connectivity index (χ1n) is 10.6. The maximum atomic E-state index is 12.8. The van der Waals surface area contributed by atoms with Gasteiger partial charge in [0.2, 0.25) is 0 Å². The fourth-order valence-electron chi connectivity index (χ4n) is 4.71. The van der Waals surface area contributed by atoms with Crippen LogP contribution in [0.2, 0.25) is 0 Å². The number of Topliss-reactive ketones (excluding diaryl/α,β-unsaturated/α-hetero) is 1. The van der Waals surface area contributed by atoms with Gasteiger partial charge in [0, 0.05) is 23.3 Å². The highest BCUT2D eigenvalue weighted by molar-refractivity contribution is 6.02. The average Bonchev–Trinajstić information content (AvgIpc) is 3.19. The number of benzene rings is 3. The van der Waals surface area contributed by atoms with E-state index in [2.05, 4.69) is 0 Å². The molecule has 3 aromatic rings. The zero-order valence-electron chi connectivity index (χ0n) is 18.1. The summed E-state index contributed by atoms with van der Waals surface area (Å²) in [5, 5.41) is 50.7. The third-order valence-corrected chi connectivity index (χ3v) is 6.25. The molecule has 2 heterocycles. The van der Waals surface area contributed by atoms with Gasteiger partial charge < -0.3 is 39.7 Å². The first-order valence-corrected chi connectivity index (χ1v) is 10.6. The van der Waals surface area contributed by atoms with Crippen molar-refractivity contribution in [2.45, 2.75) is 24.5 Å². The molecule has 5 rings (SSSR count). The van der Waals surface area contributed by atoms with Crippen LogP contribution in [-0.4, -0.2) is 45.0 Å². The maximum Gasteiger partial charge on any atom is 0.174 e. The third-order valence-electron chi connectivity index (χ3n) is 6.25. The Morgan fingerprint density at radius 2 is 1.74 bits per heavy atom. The molecule has 9 nitrogen and oxygen atoms in total. The maximum absolute atomic E-state index is 12.8. The summed E-state index contributed by atoms with van der Waals surface area (Å²) >= 11 is 0. The van der Waals surface area contributed by atoms with Crippen LogP contribution in [0.25, 0.3) is 0 Å². The summed E-state index contributed by atoms with van der Waals surface area (Å²) in [7, 11) is 1.42. The zero-order valence-corrected chi connectivity index (χ0v) is 18.1. The minimum absolute atomic E-state index is 0.00602. The number of carbonyl (C=O) groups excluding carboxylic acids is 1. The predicted octanol–water partition coefficient (Wildman–Crippen LogP) is 3.43. The largest absolute Gasteiger partial charge is 0.508 e. The monoisotopic (exact) mass is 466 g/mol. The van der Waals surface area contributed by atoms with Crippen LogP contribution in [0, 0.1) is 0 Å². The summed E-state index contributed by atoms with van der Waals surface area (Å²) in [6, 6.07) is 10.0.